The van der Waals surface area contributed by atoms with E-state index < -0.39 is 29.5 Å². The molecule has 0 aliphatic heterocycles. The van der Waals surface area contributed by atoms with Gasteiger partial charge >= 0.3 is 12.6 Å². The number of carbonyl (C=O) groups is 1. The molecule has 0 fully saturated rings. The van der Waals surface area contributed by atoms with Crippen LogP contribution in [0.3, 0.4) is 0 Å². The van der Waals surface area contributed by atoms with Crippen LogP contribution in [0.15, 0.2) is 46.7 Å². The molecule has 0 saturated carbocycles. The van der Waals surface area contributed by atoms with Gasteiger partial charge in [-0.15, -0.1) is 11.3 Å². The van der Waals surface area contributed by atoms with Crippen LogP contribution in [-0.4, -0.2) is 38.8 Å². The molecular weight excluding hydrogens is 601 g/mol. The minimum Gasteiger partial charge on any atom is -0.491 e. The predicted octanol–water partition coefficient (Wildman–Crippen LogP) is 6.54. The molecule has 2 aromatic carbocycles. The number of carboxylic acid groups (broad SMARTS) is 1. The van der Waals surface area contributed by atoms with E-state index in [1.807, 2.05) is 0 Å². The minimum atomic E-state index is -3.26. The fraction of sp³-hybridized carbons (Fsp3) is 0.148. The normalized spacial score (nSPS) is 11.2. The molecule has 0 aliphatic rings. The fourth-order valence-electron chi connectivity index (χ4n) is 4.40. The van der Waals surface area contributed by atoms with Gasteiger partial charge in [0.15, 0.2) is 5.75 Å². The van der Waals surface area contributed by atoms with Gasteiger partial charge in [-0.25, -0.2) is 9.78 Å². The number of pyridine rings is 1. The molecule has 41 heavy (non-hydrogen) atoms. The molecule has 0 spiro atoms. The Morgan fingerprint density at radius 3 is 2.73 bits per heavy atom. The van der Waals surface area contributed by atoms with Gasteiger partial charge in [-0.1, -0.05) is 23.2 Å². The summed E-state index contributed by atoms with van der Waals surface area (Å²) in [5.74, 6) is -1.01. The van der Waals surface area contributed by atoms with E-state index in [1.165, 1.54) is 33.5 Å². The lowest BCUT2D eigenvalue weighted by Gasteiger charge is -2.16. The summed E-state index contributed by atoms with van der Waals surface area (Å²) in [7, 11) is 0. The molecule has 0 unspecified atom stereocenters. The number of hydrogen-bond donors (Lipinski definition) is 1. The van der Waals surface area contributed by atoms with E-state index in [9.17, 15) is 28.7 Å². The topological polar surface area (TPSA) is 127 Å². The van der Waals surface area contributed by atoms with Gasteiger partial charge < -0.3 is 14.6 Å². The van der Waals surface area contributed by atoms with Crippen LogP contribution < -0.4 is 15.0 Å². The van der Waals surface area contributed by atoms with Crippen molar-refractivity contribution in [2.24, 2.45) is 0 Å². The smallest absolute Gasteiger partial charge is 0.387 e. The van der Waals surface area contributed by atoms with Gasteiger partial charge in [0.2, 0.25) is 0 Å². The Labute approximate surface area is 243 Å². The number of rotatable bonds is 8. The number of aryl methyl sites for hydroxylation is 1. The summed E-state index contributed by atoms with van der Waals surface area (Å²) in [6.07, 6.45) is 1.50. The second-order valence-corrected chi connectivity index (χ2v) is 10.3. The lowest BCUT2D eigenvalue weighted by molar-refractivity contribution is -0.0498. The van der Waals surface area contributed by atoms with Gasteiger partial charge in [0, 0.05) is 27.7 Å². The van der Waals surface area contributed by atoms with Crippen molar-refractivity contribution in [3.8, 4) is 28.7 Å². The van der Waals surface area contributed by atoms with Crippen LogP contribution in [0.2, 0.25) is 10.0 Å². The van der Waals surface area contributed by atoms with E-state index in [1.54, 1.807) is 37.3 Å². The Morgan fingerprint density at radius 2 is 2.02 bits per heavy atom. The zero-order valence-corrected chi connectivity index (χ0v) is 23.2. The molecule has 5 aromatic rings. The molecule has 14 heteroatoms. The molecule has 0 amide bonds. The number of nitrogens with zero attached hydrogens (tertiary/aromatic N) is 4. The van der Waals surface area contributed by atoms with Gasteiger partial charge in [-0.05, 0) is 37.3 Å². The zero-order chi connectivity index (χ0) is 29.4. The van der Waals surface area contributed by atoms with E-state index in [0.29, 0.717) is 32.1 Å². The molecule has 3 heterocycles. The zero-order valence-electron chi connectivity index (χ0n) is 20.8. The molecule has 0 aliphatic carbocycles. The average molecular weight is 617 g/mol. The molecule has 0 saturated heterocycles. The summed E-state index contributed by atoms with van der Waals surface area (Å²) in [6.45, 7) is -1.73. The molecule has 208 valence electrons. The van der Waals surface area contributed by atoms with Crippen LogP contribution in [0.5, 0.6) is 11.5 Å². The number of ether oxygens (including phenoxy) is 2. The molecule has 0 atom stereocenters. The van der Waals surface area contributed by atoms with Crippen LogP contribution in [0.25, 0.3) is 32.2 Å². The third-order valence-corrected chi connectivity index (χ3v) is 7.67. The molecule has 3 aromatic heterocycles. The van der Waals surface area contributed by atoms with E-state index in [2.05, 4.69) is 14.7 Å². The SMILES string of the molecule is Cc1nc2cc(Cl)c(OC(F)F)c(C#N)c2c(=O)n1CCOc1ccc(Cl)cc1-c1ccnc2c(C(=O)O)csc12. The highest BCUT2D eigenvalue weighted by molar-refractivity contribution is 7.18. The van der Waals surface area contributed by atoms with Gasteiger partial charge in [-0.2, -0.15) is 14.0 Å². The maximum atomic E-state index is 13.4. The second kappa shape index (κ2) is 11.3. The van der Waals surface area contributed by atoms with Crippen molar-refractivity contribution in [1.82, 2.24) is 14.5 Å². The Balaban J connectivity index is 1.50. The largest absolute Gasteiger partial charge is 0.491 e. The van der Waals surface area contributed by atoms with Crippen molar-refractivity contribution in [2.45, 2.75) is 20.1 Å². The minimum absolute atomic E-state index is 0.0118. The number of nitriles is 1. The Hall–Kier alpha value is -4.31. The molecule has 1 N–H and O–H groups in total. The highest BCUT2D eigenvalue weighted by Crippen LogP contribution is 2.40. The van der Waals surface area contributed by atoms with Crippen LogP contribution in [-0.2, 0) is 6.54 Å². The predicted molar refractivity (Wildman–Crippen MR) is 150 cm³/mol. The van der Waals surface area contributed by atoms with Gasteiger partial charge in [-0.3, -0.25) is 14.3 Å². The first kappa shape index (κ1) is 28.2. The van der Waals surface area contributed by atoms with Gasteiger partial charge in [0.25, 0.3) is 5.56 Å². The number of aromatic nitrogens is 3. The Bertz CT molecular complexity index is 1960. The first-order chi connectivity index (χ1) is 19.6. The quantitative estimate of drug-likeness (QED) is 0.208. The van der Waals surface area contributed by atoms with Crippen molar-refractivity contribution in [3.63, 3.8) is 0 Å². The lowest BCUT2D eigenvalue weighted by atomic mass is 10.0. The van der Waals surface area contributed by atoms with Crippen molar-refractivity contribution >= 4 is 61.6 Å². The summed E-state index contributed by atoms with van der Waals surface area (Å²) in [5, 5.41) is 20.6. The van der Waals surface area contributed by atoms with Crippen LogP contribution in [0.1, 0.15) is 21.7 Å². The highest BCUT2D eigenvalue weighted by Gasteiger charge is 2.22. The number of thiophene rings is 1. The summed E-state index contributed by atoms with van der Waals surface area (Å²) in [5.41, 5.74) is 0.612. The van der Waals surface area contributed by atoms with Gasteiger partial charge in [0.05, 0.1) is 38.3 Å². The third kappa shape index (κ3) is 5.27. The summed E-state index contributed by atoms with van der Waals surface area (Å²) >= 11 is 13.5. The van der Waals surface area contributed by atoms with Crippen LogP contribution in [0, 0.1) is 18.3 Å². The number of alkyl halides is 2. The fourth-order valence-corrected chi connectivity index (χ4v) is 5.84. The van der Waals surface area contributed by atoms with E-state index in [0.717, 1.165) is 0 Å². The first-order valence-corrected chi connectivity index (χ1v) is 13.3. The number of carboxylic acids is 1. The monoisotopic (exact) mass is 616 g/mol. The van der Waals surface area contributed by atoms with E-state index in [-0.39, 0.29) is 40.5 Å². The summed E-state index contributed by atoms with van der Waals surface area (Å²) < 4.78 is 38.2. The van der Waals surface area contributed by atoms with Crippen molar-refractivity contribution in [3.05, 3.63) is 79.3 Å². The summed E-state index contributed by atoms with van der Waals surface area (Å²) in [6, 6.07) is 9.59. The van der Waals surface area contributed by atoms with Crippen molar-refractivity contribution in [2.75, 3.05) is 6.61 Å². The van der Waals surface area contributed by atoms with Gasteiger partial charge in [0.1, 0.15) is 29.8 Å². The van der Waals surface area contributed by atoms with E-state index in [4.69, 9.17) is 27.9 Å². The second-order valence-electron chi connectivity index (χ2n) is 8.54. The summed E-state index contributed by atoms with van der Waals surface area (Å²) in [4.78, 5) is 33.6. The van der Waals surface area contributed by atoms with Crippen LogP contribution in [0.4, 0.5) is 8.78 Å². The Morgan fingerprint density at radius 1 is 1.24 bits per heavy atom. The number of hydrogen-bond acceptors (Lipinski definition) is 8. The lowest BCUT2D eigenvalue weighted by Crippen LogP contribution is -2.27. The van der Waals surface area contributed by atoms with Crippen LogP contribution >= 0.6 is 34.5 Å². The standard InChI is InChI=1S/C27H16Cl2F2N4O5S/c1-12-34-19-9-18(29)23(40-27(30)31)16(10-32)21(19)25(36)35(12)6-7-39-20-3-2-13(28)8-15(20)14-4-5-33-22-17(26(37)38)11-41-24(14)22/h2-5,8-9,11,27H,6-7H2,1H3,(H,37,38). The highest BCUT2D eigenvalue weighted by atomic mass is 35.5. The molecule has 5 rings (SSSR count). The molecule has 0 radical (unpaired) electrons. The first-order valence-electron chi connectivity index (χ1n) is 11.7. The van der Waals surface area contributed by atoms with Crippen molar-refractivity contribution < 1.29 is 28.2 Å². The Kier molecular flexibility index (Phi) is 7.77. The number of fused-ring (bicyclic) bond motifs is 2. The maximum Gasteiger partial charge on any atom is 0.387 e. The number of benzene rings is 2. The average Bonchev–Trinajstić information content (AvgIpc) is 3.36. The molecule has 0 bridgehead atoms. The number of halogens is 4. The molecular formula is C27H16Cl2F2N4O5S. The van der Waals surface area contributed by atoms with E-state index >= 15 is 0 Å². The molecule has 9 nitrogen and oxygen atoms in total. The maximum absolute atomic E-state index is 13.4. The number of aromatic carboxylic acids is 1. The third-order valence-electron chi connectivity index (χ3n) is 6.15. The van der Waals surface area contributed by atoms with Crippen molar-refractivity contribution in [1.29, 1.82) is 5.26 Å².